The summed E-state index contributed by atoms with van der Waals surface area (Å²) in [5.74, 6) is 3.01. The van der Waals surface area contributed by atoms with Crippen molar-refractivity contribution in [3.05, 3.63) is 58.2 Å². The van der Waals surface area contributed by atoms with Gasteiger partial charge in [-0.2, -0.15) is 0 Å². The van der Waals surface area contributed by atoms with Gasteiger partial charge in [0, 0.05) is 3.57 Å². The van der Waals surface area contributed by atoms with E-state index in [2.05, 4.69) is 48.6 Å². The van der Waals surface area contributed by atoms with Gasteiger partial charge in [-0.3, -0.25) is 0 Å². The van der Waals surface area contributed by atoms with Crippen molar-refractivity contribution in [3.8, 4) is 11.5 Å². The molecular formula is C20H25IO2. The largest absolute Gasteiger partial charge is 0.493 e. The van der Waals surface area contributed by atoms with Gasteiger partial charge in [0.15, 0.2) is 0 Å². The standard InChI is InChI=1S/C20H25IO2/c1-16(14-22-19-6-4-3-5-7-19)8-9-17(2)15-23-20-12-10-18(21)11-13-20/h3-7,10-13,16-17H,8-9,14-15H2,1-2H3. The van der Waals surface area contributed by atoms with Crippen LogP contribution in [0.25, 0.3) is 0 Å². The average Bonchev–Trinajstić information content (AvgIpc) is 2.58. The van der Waals surface area contributed by atoms with Crippen LogP contribution >= 0.6 is 22.6 Å². The van der Waals surface area contributed by atoms with Gasteiger partial charge < -0.3 is 9.47 Å². The molecule has 0 aromatic heterocycles. The number of hydrogen-bond acceptors (Lipinski definition) is 2. The third-order valence-electron chi connectivity index (χ3n) is 3.78. The average molecular weight is 424 g/mol. The van der Waals surface area contributed by atoms with Crippen LogP contribution in [-0.2, 0) is 0 Å². The lowest BCUT2D eigenvalue weighted by Crippen LogP contribution is -2.13. The summed E-state index contributed by atoms with van der Waals surface area (Å²) in [5.41, 5.74) is 0. The molecule has 0 fully saturated rings. The first kappa shape index (κ1) is 18.1. The summed E-state index contributed by atoms with van der Waals surface area (Å²) in [6.45, 7) is 6.04. The van der Waals surface area contributed by atoms with Gasteiger partial charge in [-0.1, -0.05) is 32.0 Å². The number of ether oxygens (including phenoxy) is 2. The highest BCUT2D eigenvalue weighted by Gasteiger charge is 2.08. The van der Waals surface area contributed by atoms with Gasteiger partial charge in [0.1, 0.15) is 11.5 Å². The summed E-state index contributed by atoms with van der Waals surface area (Å²) < 4.78 is 12.9. The Morgan fingerprint density at radius 1 is 0.739 bits per heavy atom. The van der Waals surface area contributed by atoms with Crippen molar-refractivity contribution in [2.75, 3.05) is 13.2 Å². The van der Waals surface area contributed by atoms with Crippen molar-refractivity contribution in [2.45, 2.75) is 26.7 Å². The van der Waals surface area contributed by atoms with E-state index in [9.17, 15) is 0 Å². The van der Waals surface area contributed by atoms with Crippen LogP contribution in [0.2, 0.25) is 0 Å². The van der Waals surface area contributed by atoms with Gasteiger partial charge in [-0.05, 0) is 83.7 Å². The van der Waals surface area contributed by atoms with E-state index in [0.717, 1.165) is 37.6 Å². The number of halogens is 1. The molecule has 0 aliphatic carbocycles. The van der Waals surface area contributed by atoms with Crippen LogP contribution in [0.15, 0.2) is 54.6 Å². The Kier molecular flexibility index (Phi) is 7.72. The lowest BCUT2D eigenvalue weighted by molar-refractivity contribution is 0.218. The van der Waals surface area contributed by atoms with E-state index in [1.807, 2.05) is 42.5 Å². The second-order valence-electron chi connectivity index (χ2n) is 6.18. The molecule has 0 bridgehead atoms. The summed E-state index contributed by atoms with van der Waals surface area (Å²) >= 11 is 2.30. The fourth-order valence-corrected chi connectivity index (χ4v) is 2.62. The first-order valence-corrected chi connectivity index (χ1v) is 9.27. The third-order valence-corrected chi connectivity index (χ3v) is 4.50. The van der Waals surface area contributed by atoms with Gasteiger partial charge >= 0.3 is 0 Å². The zero-order chi connectivity index (χ0) is 16.5. The molecule has 0 amide bonds. The molecule has 2 aromatic carbocycles. The first-order chi connectivity index (χ1) is 11.1. The SMILES string of the molecule is CC(CCC(C)COc1ccc(I)cc1)COc1ccccc1. The summed E-state index contributed by atoms with van der Waals surface area (Å²) in [4.78, 5) is 0. The van der Waals surface area contributed by atoms with Crippen LogP contribution in [0.3, 0.4) is 0 Å². The molecule has 0 heterocycles. The maximum Gasteiger partial charge on any atom is 0.119 e. The van der Waals surface area contributed by atoms with Gasteiger partial charge in [-0.15, -0.1) is 0 Å². The Morgan fingerprint density at radius 3 is 1.74 bits per heavy atom. The van der Waals surface area contributed by atoms with Crippen LogP contribution < -0.4 is 9.47 Å². The second kappa shape index (κ2) is 9.81. The predicted molar refractivity (Wildman–Crippen MR) is 104 cm³/mol. The summed E-state index contributed by atoms with van der Waals surface area (Å²) in [6, 6.07) is 18.2. The third kappa shape index (κ3) is 7.25. The van der Waals surface area contributed by atoms with Gasteiger partial charge in [-0.25, -0.2) is 0 Å². The van der Waals surface area contributed by atoms with Crippen LogP contribution in [0.5, 0.6) is 11.5 Å². The van der Waals surface area contributed by atoms with Crippen molar-refractivity contribution in [2.24, 2.45) is 11.8 Å². The minimum Gasteiger partial charge on any atom is -0.493 e. The van der Waals surface area contributed by atoms with E-state index in [0.29, 0.717) is 11.8 Å². The number of benzene rings is 2. The summed E-state index contributed by atoms with van der Waals surface area (Å²) in [6.07, 6.45) is 2.31. The van der Waals surface area contributed by atoms with E-state index in [1.165, 1.54) is 3.57 Å². The highest BCUT2D eigenvalue weighted by atomic mass is 127. The van der Waals surface area contributed by atoms with E-state index in [1.54, 1.807) is 0 Å². The molecule has 3 heteroatoms. The van der Waals surface area contributed by atoms with Gasteiger partial charge in [0.05, 0.1) is 13.2 Å². The van der Waals surface area contributed by atoms with Gasteiger partial charge in [0.25, 0.3) is 0 Å². The van der Waals surface area contributed by atoms with Crippen LogP contribution in [0.1, 0.15) is 26.7 Å². The molecule has 124 valence electrons. The quantitative estimate of drug-likeness (QED) is 0.474. The predicted octanol–water partition coefficient (Wildman–Crippen LogP) is 5.80. The molecular weight excluding hydrogens is 399 g/mol. The Hall–Kier alpha value is -1.23. The molecule has 2 aromatic rings. The highest BCUT2D eigenvalue weighted by molar-refractivity contribution is 14.1. The van der Waals surface area contributed by atoms with Crippen molar-refractivity contribution in [3.63, 3.8) is 0 Å². The van der Waals surface area contributed by atoms with E-state index in [4.69, 9.17) is 9.47 Å². The minimum absolute atomic E-state index is 0.549. The fraction of sp³-hybridized carbons (Fsp3) is 0.400. The van der Waals surface area contributed by atoms with Crippen LogP contribution in [0.4, 0.5) is 0 Å². The zero-order valence-corrected chi connectivity index (χ0v) is 16.0. The zero-order valence-electron chi connectivity index (χ0n) is 13.9. The Morgan fingerprint density at radius 2 is 1.22 bits per heavy atom. The van der Waals surface area contributed by atoms with Crippen LogP contribution in [0, 0.1) is 15.4 Å². The molecule has 0 N–H and O–H groups in total. The van der Waals surface area contributed by atoms with Crippen molar-refractivity contribution >= 4 is 22.6 Å². The molecule has 0 aliphatic heterocycles. The minimum atomic E-state index is 0.549. The molecule has 0 saturated carbocycles. The molecule has 2 rings (SSSR count). The highest BCUT2D eigenvalue weighted by Crippen LogP contribution is 2.18. The Bertz CT molecular complexity index is 554. The monoisotopic (exact) mass is 424 g/mol. The number of para-hydroxylation sites is 1. The molecule has 2 nitrogen and oxygen atoms in total. The van der Waals surface area contributed by atoms with Crippen molar-refractivity contribution < 1.29 is 9.47 Å². The lowest BCUT2D eigenvalue weighted by atomic mass is 9.99. The number of hydrogen-bond donors (Lipinski definition) is 0. The van der Waals surface area contributed by atoms with Crippen LogP contribution in [-0.4, -0.2) is 13.2 Å². The molecule has 2 unspecified atom stereocenters. The molecule has 0 spiro atoms. The molecule has 2 atom stereocenters. The molecule has 0 aliphatic rings. The second-order valence-corrected chi connectivity index (χ2v) is 7.42. The summed E-state index contributed by atoms with van der Waals surface area (Å²) in [5, 5.41) is 0. The van der Waals surface area contributed by atoms with E-state index >= 15 is 0 Å². The van der Waals surface area contributed by atoms with Gasteiger partial charge in [0.2, 0.25) is 0 Å². The topological polar surface area (TPSA) is 18.5 Å². The Balaban J connectivity index is 1.61. The van der Waals surface area contributed by atoms with E-state index < -0.39 is 0 Å². The fourth-order valence-electron chi connectivity index (χ4n) is 2.26. The maximum atomic E-state index is 5.85. The Labute approximate surface area is 153 Å². The van der Waals surface area contributed by atoms with E-state index in [-0.39, 0.29) is 0 Å². The molecule has 0 radical (unpaired) electrons. The smallest absolute Gasteiger partial charge is 0.119 e. The normalized spacial score (nSPS) is 13.3. The van der Waals surface area contributed by atoms with Crippen molar-refractivity contribution in [1.82, 2.24) is 0 Å². The number of rotatable bonds is 9. The molecule has 0 saturated heterocycles. The first-order valence-electron chi connectivity index (χ1n) is 8.19. The van der Waals surface area contributed by atoms with Crippen molar-refractivity contribution in [1.29, 1.82) is 0 Å². The molecule has 23 heavy (non-hydrogen) atoms. The summed E-state index contributed by atoms with van der Waals surface area (Å²) in [7, 11) is 0. The lowest BCUT2D eigenvalue weighted by Gasteiger charge is -2.17. The maximum absolute atomic E-state index is 5.85.